The molecule has 0 amide bonds. The second kappa shape index (κ2) is 6.26. The van der Waals surface area contributed by atoms with Crippen LogP contribution in [0.3, 0.4) is 0 Å². The molecule has 1 aromatic carbocycles. The van der Waals surface area contributed by atoms with Crippen LogP contribution in [0.2, 0.25) is 0 Å². The molecular weight excluding hydrogens is 252 g/mol. The van der Waals surface area contributed by atoms with Gasteiger partial charge in [0.15, 0.2) is 0 Å². The molecule has 1 aromatic rings. The van der Waals surface area contributed by atoms with Crippen LogP contribution in [-0.4, -0.2) is 24.5 Å². The fourth-order valence-corrected chi connectivity index (χ4v) is 2.43. The maximum atomic E-state index is 5.86. The lowest BCUT2D eigenvalue weighted by Crippen LogP contribution is -2.33. The number of rotatable bonds is 5. The number of nitrogens with zero attached hydrogens (tertiary/aromatic N) is 1. The normalized spacial score (nSPS) is 13.1. The molecule has 0 aliphatic carbocycles. The number of likely N-dealkylation sites (N-methyl/N-ethyl adjacent to an activating group) is 1. The molecule has 0 radical (unpaired) electrons. The van der Waals surface area contributed by atoms with Crippen LogP contribution < -0.4 is 5.73 Å². The summed E-state index contributed by atoms with van der Waals surface area (Å²) in [6, 6.07) is 8.62. The molecule has 84 valence electrons. The topological polar surface area (TPSA) is 29.3 Å². The van der Waals surface area contributed by atoms with Crippen molar-refractivity contribution in [1.82, 2.24) is 4.90 Å². The summed E-state index contributed by atoms with van der Waals surface area (Å²) in [7, 11) is 0. The first-order valence-electron chi connectivity index (χ1n) is 5.43. The molecule has 0 aliphatic heterocycles. The molecule has 1 atom stereocenters. The highest BCUT2D eigenvalue weighted by Crippen LogP contribution is 2.26. The van der Waals surface area contributed by atoms with Crippen molar-refractivity contribution in [2.24, 2.45) is 5.73 Å². The summed E-state index contributed by atoms with van der Waals surface area (Å²) in [5.74, 6) is 0. The Hall–Kier alpha value is -0.380. The highest BCUT2D eigenvalue weighted by molar-refractivity contribution is 9.10. The Kier molecular flexibility index (Phi) is 5.29. The van der Waals surface area contributed by atoms with Gasteiger partial charge in [-0.3, -0.25) is 4.90 Å². The first-order valence-corrected chi connectivity index (χ1v) is 6.22. The first kappa shape index (κ1) is 12.7. The molecule has 0 saturated heterocycles. The molecule has 2 N–H and O–H groups in total. The Morgan fingerprint density at radius 1 is 1.27 bits per heavy atom. The van der Waals surface area contributed by atoms with Crippen LogP contribution in [0, 0.1) is 0 Å². The van der Waals surface area contributed by atoms with Crippen molar-refractivity contribution in [3.63, 3.8) is 0 Å². The Labute approximate surface area is 101 Å². The molecule has 0 aromatic heterocycles. The smallest absolute Gasteiger partial charge is 0.0481 e. The van der Waals surface area contributed by atoms with E-state index in [9.17, 15) is 0 Å². The third-order valence-corrected chi connectivity index (χ3v) is 3.46. The Morgan fingerprint density at radius 2 is 1.87 bits per heavy atom. The van der Waals surface area contributed by atoms with Crippen molar-refractivity contribution in [3.05, 3.63) is 34.3 Å². The molecule has 1 unspecified atom stereocenters. The Bertz CT molecular complexity index is 297. The SMILES string of the molecule is CCN(CC)C(CN)c1ccccc1Br. The van der Waals surface area contributed by atoms with E-state index >= 15 is 0 Å². The molecule has 0 aliphatic rings. The number of hydrogen-bond donors (Lipinski definition) is 1. The van der Waals surface area contributed by atoms with E-state index in [-0.39, 0.29) is 0 Å². The zero-order valence-corrected chi connectivity index (χ0v) is 11.0. The van der Waals surface area contributed by atoms with E-state index < -0.39 is 0 Å². The maximum Gasteiger partial charge on any atom is 0.0481 e. The van der Waals surface area contributed by atoms with Crippen molar-refractivity contribution in [3.8, 4) is 0 Å². The van der Waals surface area contributed by atoms with Crippen LogP contribution >= 0.6 is 15.9 Å². The Balaban J connectivity index is 2.96. The van der Waals surface area contributed by atoms with Gasteiger partial charge in [0, 0.05) is 17.1 Å². The molecule has 15 heavy (non-hydrogen) atoms. The van der Waals surface area contributed by atoms with Gasteiger partial charge < -0.3 is 5.73 Å². The average molecular weight is 271 g/mol. The molecule has 1 rings (SSSR count). The van der Waals surface area contributed by atoms with Gasteiger partial charge in [-0.15, -0.1) is 0 Å². The van der Waals surface area contributed by atoms with Gasteiger partial charge in [-0.2, -0.15) is 0 Å². The van der Waals surface area contributed by atoms with E-state index in [1.807, 2.05) is 6.07 Å². The second-order valence-corrected chi connectivity index (χ2v) is 4.35. The molecule has 3 heteroatoms. The highest BCUT2D eigenvalue weighted by atomic mass is 79.9. The molecule has 0 heterocycles. The van der Waals surface area contributed by atoms with E-state index in [4.69, 9.17) is 5.73 Å². The summed E-state index contributed by atoms with van der Waals surface area (Å²) in [6.07, 6.45) is 0. The van der Waals surface area contributed by atoms with Gasteiger partial charge in [0.05, 0.1) is 0 Å². The number of halogens is 1. The average Bonchev–Trinajstić information content (AvgIpc) is 2.27. The highest BCUT2D eigenvalue weighted by Gasteiger charge is 2.17. The summed E-state index contributed by atoms with van der Waals surface area (Å²) >= 11 is 3.58. The summed E-state index contributed by atoms with van der Waals surface area (Å²) in [6.45, 7) is 7.05. The van der Waals surface area contributed by atoms with Gasteiger partial charge in [0.2, 0.25) is 0 Å². The van der Waals surface area contributed by atoms with Gasteiger partial charge in [-0.1, -0.05) is 48.0 Å². The number of hydrogen-bond acceptors (Lipinski definition) is 2. The van der Waals surface area contributed by atoms with E-state index in [1.54, 1.807) is 0 Å². The van der Waals surface area contributed by atoms with E-state index in [2.05, 4.69) is 52.9 Å². The van der Waals surface area contributed by atoms with E-state index in [1.165, 1.54) is 5.56 Å². The summed E-state index contributed by atoms with van der Waals surface area (Å²) in [5.41, 5.74) is 7.14. The number of benzene rings is 1. The van der Waals surface area contributed by atoms with Crippen LogP contribution in [0.15, 0.2) is 28.7 Å². The molecule has 0 fully saturated rings. The molecular formula is C12H19BrN2. The quantitative estimate of drug-likeness (QED) is 0.892. The fraction of sp³-hybridized carbons (Fsp3) is 0.500. The predicted octanol–water partition coefficient (Wildman–Crippen LogP) is 2.79. The largest absolute Gasteiger partial charge is 0.329 e. The standard InChI is InChI=1S/C12H19BrN2/c1-3-15(4-2)12(9-14)10-7-5-6-8-11(10)13/h5-8,12H,3-4,9,14H2,1-2H3. The van der Waals surface area contributed by atoms with Crippen LogP contribution in [0.25, 0.3) is 0 Å². The summed E-state index contributed by atoms with van der Waals surface area (Å²) in [5, 5.41) is 0. The first-order chi connectivity index (χ1) is 7.24. The third-order valence-electron chi connectivity index (χ3n) is 2.74. The fourth-order valence-electron chi connectivity index (χ4n) is 1.88. The van der Waals surface area contributed by atoms with Gasteiger partial charge in [0.25, 0.3) is 0 Å². The van der Waals surface area contributed by atoms with Gasteiger partial charge in [0.1, 0.15) is 0 Å². The number of nitrogens with two attached hydrogens (primary N) is 1. The minimum Gasteiger partial charge on any atom is -0.329 e. The molecule has 2 nitrogen and oxygen atoms in total. The minimum absolute atomic E-state index is 0.315. The summed E-state index contributed by atoms with van der Waals surface area (Å²) in [4.78, 5) is 2.38. The molecule has 0 spiro atoms. The maximum absolute atomic E-state index is 5.86. The third kappa shape index (κ3) is 3.03. The van der Waals surface area contributed by atoms with Crippen molar-refractivity contribution >= 4 is 15.9 Å². The predicted molar refractivity (Wildman–Crippen MR) is 68.9 cm³/mol. The minimum atomic E-state index is 0.315. The van der Waals surface area contributed by atoms with Gasteiger partial charge in [-0.25, -0.2) is 0 Å². The lowest BCUT2D eigenvalue weighted by atomic mass is 10.1. The zero-order chi connectivity index (χ0) is 11.3. The molecule has 0 bridgehead atoms. The van der Waals surface area contributed by atoms with Crippen molar-refractivity contribution < 1.29 is 0 Å². The van der Waals surface area contributed by atoms with Crippen molar-refractivity contribution in [2.75, 3.05) is 19.6 Å². The second-order valence-electron chi connectivity index (χ2n) is 3.49. The summed E-state index contributed by atoms with van der Waals surface area (Å²) < 4.78 is 1.15. The zero-order valence-electron chi connectivity index (χ0n) is 9.41. The lowest BCUT2D eigenvalue weighted by Gasteiger charge is -2.29. The van der Waals surface area contributed by atoms with Gasteiger partial charge in [-0.05, 0) is 24.7 Å². The molecule has 0 saturated carbocycles. The Morgan fingerprint density at radius 3 is 2.33 bits per heavy atom. The van der Waals surface area contributed by atoms with Crippen LogP contribution in [0.4, 0.5) is 0 Å². The van der Waals surface area contributed by atoms with Crippen molar-refractivity contribution in [1.29, 1.82) is 0 Å². The van der Waals surface area contributed by atoms with Gasteiger partial charge >= 0.3 is 0 Å². The monoisotopic (exact) mass is 270 g/mol. The van der Waals surface area contributed by atoms with E-state index in [0.717, 1.165) is 17.6 Å². The van der Waals surface area contributed by atoms with Crippen LogP contribution in [0.1, 0.15) is 25.5 Å². The van der Waals surface area contributed by atoms with Crippen molar-refractivity contribution in [2.45, 2.75) is 19.9 Å². The van der Waals surface area contributed by atoms with Crippen LogP contribution in [0.5, 0.6) is 0 Å². The lowest BCUT2D eigenvalue weighted by molar-refractivity contribution is 0.223. The van der Waals surface area contributed by atoms with Crippen LogP contribution in [-0.2, 0) is 0 Å². The van der Waals surface area contributed by atoms with E-state index in [0.29, 0.717) is 12.6 Å².